The minimum Gasteiger partial charge on any atom is -0.748 e. The second-order valence-corrected chi connectivity index (χ2v) is 11.2. The number of hydrogen-bond donors (Lipinski definition) is 0. The SMILES string of the molecule is CC1(C)c2ccccc2N(C(=O)SCCN2CCCCC2)c2ccccc21.CS(=O)(=O)[O-]. The summed E-state index contributed by atoms with van der Waals surface area (Å²) in [7, 11) is -3.92. The first-order valence-corrected chi connectivity index (χ1v) is 13.7. The summed E-state index contributed by atoms with van der Waals surface area (Å²) in [6.07, 6.45) is 4.54. The summed E-state index contributed by atoms with van der Waals surface area (Å²) in [5.41, 5.74) is 4.37. The van der Waals surface area contributed by atoms with Gasteiger partial charge < -0.3 is 9.45 Å². The van der Waals surface area contributed by atoms with Crippen molar-refractivity contribution in [2.24, 2.45) is 0 Å². The van der Waals surface area contributed by atoms with Crippen LogP contribution in [0.3, 0.4) is 0 Å². The van der Waals surface area contributed by atoms with Gasteiger partial charge in [0.05, 0.1) is 21.5 Å². The largest absolute Gasteiger partial charge is 0.748 e. The second kappa shape index (κ2) is 10.4. The third-order valence-corrected chi connectivity index (χ3v) is 6.72. The topological polar surface area (TPSA) is 80.8 Å². The molecule has 0 aliphatic carbocycles. The van der Waals surface area contributed by atoms with E-state index in [0.717, 1.165) is 23.7 Å². The van der Waals surface area contributed by atoms with Gasteiger partial charge in [-0.25, -0.2) is 8.42 Å². The summed E-state index contributed by atoms with van der Waals surface area (Å²) >= 11 is 1.45. The van der Waals surface area contributed by atoms with Gasteiger partial charge in [-0.15, -0.1) is 0 Å². The van der Waals surface area contributed by atoms with Crippen LogP contribution in [0, 0.1) is 0 Å². The summed E-state index contributed by atoms with van der Waals surface area (Å²) in [6.45, 7) is 7.85. The molecule has 4 rings (SSSR count). The monoisotopic (exact) mass is 475 g/mol. The predicted molar refractivity (Wildman–Crippen MR) is 131 cm³/mol. The molecule has 2 aromatic carbocycles. The van der Waals surface area contributed by atoms with Gasteiger partial charge in [-0.05, 0) is 49.2 Å². The van der Waals surface area contributed by atoms with Crippen LogP contribution in [0.1, 0.15) is 44.2 Å². The van der Waals surface area contributed by atoms with Crippen LogP contribution in [0.15, 0.2) is 48.5 Å². The van der Waals surface area contributed by atoms with Crippen molar-refractivity contribution >= 4 is 38.5 Å². The number of fused-ring (bicyclic) bond motifs is 2. The highest BCUT2D eigenvalue weighted by Crippen LogP contribution is 2.49. The van der Waals surface area contributed by atoms with E-state index in [-0.39, 0.29) is 10.7 Å². The van der Waals surface area contributed by atoms with Crippen LogP contribution in [0.4, 0.5) is 16.2 Å². The number of amides is 1. The van der Waals surface area contributed by atoms with Gasteiger partial charge in [-0.1, -0.05) is 68.4 Å². The van der Waals surface area contributed by atoms with E-state index in [1.165, 1.54) is 55.2 Å². The third-order valence-electron chi connectivity index (χ3n) is 5.90. The highest BCUT2D eigenvalue weighted by molar-refractivity contribution is 8.13. The van der Waals surface area contributed by atoms with Crippen molar-refractivity contribution in [3.05, 3.63) is 59.7 Å². The Bertz CT molecular complexity index is 990. The van der Waals surface area contributed by atoms with Crippen molar-refractivity contribution in [3.8, 4) is 0 Å². The molecule has 0 spiro atoms. The number of likely N-dealkylation sites (tertiary alicyclic amines) is 1. The van der Waals surface area contributed by atoms with Crippen molar-refractivity contribution in [2.45, 2.75) is 38.5 Å². The molecule has 0 N–H and O–H groups in total. The molecule has 8 heteroatoms. The first-order valence-electron chi connectivity index (χ1n) is 10.9. The Balaban J connectivity index is 0.000000523. The number of para-hydroxylation sites is 2. The lowest BCUT2D eigenvalue weighted by Crippen LogP contribution is -2.35. The maximum Gasteiger partial charge on any atom is 0.290 e. The fourth-order valence-corrected chi connectivity index (χ4v) is 5.23. The molecule has 1 amide bonds. The smallest absolute Gasteiger partial charge is 0.290 e. The number of rotatable bonds is 3. The summed E-state index contributed by atoms with van der Waals surface area (Å²) in [5.74, 6) is 0.850. The van der Waals surface area contributed by atoms with Crippen molar-refractivity contribution in [3.63, 3.8) is 0 Å². The van der Waals surface area contributed by atoms with Crippen molar-refractivity contribution in [1.29, 1.82) is 0 Å². The molecule has 0 unspecified atom stereocenters. The first kappa shape index (κ1) is 24.8. The van der Waals surface area contributed by atoms with Gasteiger partial charge in [0.25, 0.3) is 5.24 Å². The molecule has 2 heterocycles. The number of thioether (sulfide) groups is 1. The maximum atomic E-state index is 13.2. The standard InChI is InChI=1S/C23H28N2OS.CH4O3S/c1-23(2)18-10-4-6-12-20(18)25(21-13-7-5-11-19(21)23)22(26)27-17-16-24-14-8-3-9-15-24;1-5(2,3)4/h4-7,10-13H,3,8-9,14-17H2,1-2H3;1H3,(H,2,3,4)/p-1. The maximum absolute atomic E-state index is 13.2. The Hall–Kier alpha value is -1.87. The van der Waals surface area contributed by atoms with E-state index in [0.29, 0.717) is 6.26 Å². The molecule has 2 aliphatic rings. The Labute approximate surface area is 195 Å². The molecule has 1 fully saturated rings. The molecule has 2 aliphatic heterocycles. The summed E-state index contributed by atoms with van der Waals surface area (Å²) in [6, 6.07) is 16.7. The van der Waals surface area contributed by atoms with Crippen molar-refractivity contribution < 1.29 is 17.8 Å². The third kappa shape index (κ3) is 6.13. The Morgan fingerprint density at radius 2 is 1.44 bits per heavy atom. The van der Waals surface area contributed by atoms with Crippen LogP contribution < -0.4 is 4.90 Å². The molecule has 6 nitrogen and oxygen atoms in total. The van der Waals surface area contributed by atoms with Crippen LogP contribution in [-0.4, -0.2) is 54.8 Å². The van der Waals surface area contributed by atoms with Crippen LogP contribution in [0.25, 0.3) is 0 Å². The van der Waals surface area contributed by atoms with Crippen LogP contribution in [-0.2, 0) is 15.5 Å². The molecule has 1 saturated heterocycles. The zero-order valence-electron chi connectivity index (χ0n) is 18.9. The number of piperidine rings is 1. The lowest BCUT2D eigenvalue weighted by atomic mass is 9.74. The zero-order chi connectivity index (χ0) is 23.4. The molecule has 0 aromatic heterocycles. The molecule has 0 radical (unpaired) electrons. The van der Waals surface area contributed by atoms with Crippen molar-refractivity contribution in [1.82, 2.24) is 4.90 Å². The van der Waals surface area contributed by atoms with E-state index >= 15 is 0 Å². The van der Waals surface area contributed by atoms with E-state index in [9.17, 15) is 4.79 Å². The highest BCUT2D eigenvalue weighted by Gasteiger charge is 2.38. The van der Waals surface area contributed by atoms with Gasteiger partial charge in [0, 0.05) is 24.0 Å². The minimum atomic E-state index is -3.92. The van der Waals surface area contributed by atoms with Gasteiger partial charge in [0.15, 0.2) is 0 Å². The normalized spacial score (nSPS) is 17.6. The lowest BCUT2D eigenvalue weighted by Gasteiger charge is -2.40. The van der Waals surface area contributed by atoms with Gasteiger partial charge in [0.1, 0.15) is 0 Å². The molecule has 0 saturated carbocycles. The molecule has 32 heavy (non-hydrogen) atoms. The summed E-state index contributed by atoms with van der Waals surface area (Å²) in [4.78, 5) is 17.7. The Morgan fingerprint density at radius 1 is 0.969 bits per heavy atom. The summed E-state index contributed by atoms with van der Waals surface area (Å²) in [5, 5.41) is 0.127. The molecule has 2 aromatic rings. The quantitative estimate of drug-likeness (QED) is 0.584. The molecular formula is C24H31N2O4S2-. The van der Waals surface area contributed by atoms with Crippen LogP contribution >= 0.6 is 11.8 Å². The minimum absolute atomic E-state index is 0.109. The van der Waals surface area contributed by atoms with Gasteiger partial charge in [0.2, 0.25) is 0 Å². The lowest BCUT2D eigenvalue weighted by molar-refractivity contribution is 0.242. The number of carbonyl (C=O) groups is 1. The zero-order valence-corrected chi connectivity index (χ0v) is 20.5. The molecule has 0 atom stereocenters. The predicted octanol–water partition coefficient (Wildman–Crippen LogP) is 4.96. The number of hydrogen-bond acceptors (Lipinski definition) is 6. The van der Waals surface area contributed by atoms with Crippen LogP contribution in [0.2, 0.25) is 0 Å². The second-order valence-electron chi connectivity index (χ2n) is 8.72. The Kier molecular flexibility index (Phi) is 8.03. The number of nitrogens with zero attached hydrogens (tertiary/aromatic N) is 2. The van der Waals surface area contributed by atoms with Gasteiger partial charge in [-0.2, -0.15) is 0 Å². The average Bonchev–Trinajstić information content (AvgIpc) is 2.74. The molecule has 0 bridgehead atoms. The number of carbonyl (C=O) groups excluding carboxylic acids is 1. The van der Waals surface area contributed by atoms with E-state index in [4.69, 9.17) is 13.0 Å². The van der Waals surface area contributed by atoms with Gasteiger partial charge in [-0.3, -0.25) is 9.69 Å². The average molecular weight is 476 g/mol. The fourth-order valence-electron chi connectivity index (χ4n) is 4.38. The number of benzene rings is 2. The number of anilines is 2. The molecule has 174 valence electrons. The Morgan fingerprint density at radius 3 is 1.94 bits per heavy atom. The van der Waals surface area contributed by atoms with E-state index in [1.807, 2.05) is 17.0 Å². The highest BCUT2D eigenvalue weighted by atomic mass is 32.2. The summed E-state index contributed by atoms with van der Waals surface area (Å²) < 4.78 is 27.2. The van der Waals surface area contributed by atoms with E-state index in [1.54, 1.807) is 0 Å². The van der Waals surface area contributed by atoms with E-state index < -0.39 is 10.1 Å². The first-order chi connectivity index (χ1) is 15.1. The van der Waals surface area contributed by atoms with E-state index in [2.05, 4.69) is 55.1 Å². The van der Waals surface area contributed by atoms with Crippen LogP contribution in [0.5, 0.6) is 0 Å². The molecular weight excluding hydrogens is 444 g/mol. The fraction of sp³-hybridized carbons (Fsp3) is 0.458. The van der Waals surface area contributed by atoms with Crippen molar-refractivity contribution in [2.75, 3.05) is 36.5 Å². The van der Waals surface area contributed by atoms with Gasteiger partial charge >= 0.3 is 0 Å².